The van der Waals surface area contributed by atoms with Gasteiger partial charge >= 0.3 is 0 Å². The Hall–Kier alpha value is -2.13. The molecule has 0 fully saturated rings. The molecule has 0 radical (unpaired) electrons. The number of nitriles is 1. The highest BCUT2D eigenvalue weighted by molar-refractivity contribution is 5.59. The number of benzene rings is 1. The number of nitro groups is 1. The van der Waals surface area contributed by atoms with Crippen LogP contribution in [0.15, 0.2) is 18.2 Å². The molecule has 0 aliphatic heterocycles. The van der Waals surface area contributed by atoms with Gasteiger partial charge in [0.1, 0.15) is 11.6 Å². The van der Waals surface area contributed by atoms with E-state index in [-0.39, 0.29) is 11.3 Å². The Morgan fingerprint density at radius 1 is 1.53 bits per heavy atom. The Bertz CT molecular complexity index is 451. The van der Waals surface area contributed by atoms with Gasteiger partial charge < -0.3 is 10.2 Å². The second kappa shape index (κ2) is 5.82. The van der Waals surface area contributed by atoms with Gasteiger partial charge in [-0.25, -0.2) is 0 Å². The first-order valence-electron chi connectivity index (χ1n) is 5.11. The van der Waals surface area contributed by atoms with Gasteiger partial charge in [-0.3, -0.25) is 10.1 Å². The van der Waals surface area contributed by atoms with E-state index in [0.29, 0.717) is 12.2 Å². The van der Waals surface area contributed by atoms with Gasteiger partial charge in [0.25, 0.3) is 5.69 Å². The Balaban J connectivity index is 2.79. The van der Waals surface area contributed by atoms with Crippen molar-refractivity contribution >= 4 is 11.4 Å². The van der Waals surface area contributed by atoms with E-state index in [2.05, 4.69) is 5.32 Å². The minimum Gasteiger partial charge on any atom is -0.384 e. The van der Waals surface area contributed by atoms with Crippen molar-refractivity contribution in [2.45, 2.75) is 0 Å². The Labute approximate surface area is 99.6 Å². The summed E-state index contributed by atoms with van der Waals surface area (Å²) in [5, 5.41) is 22.5. The standard InChI is InChI=1S/C11H14N4O2/c1-14(2)6-5-13-10-4-3-9(8-12)11(7-10)15(16)17/h3-4,7,13H,5-6H2,1-2H3. The predicted octanol–water partition coefficient (Wildman–Crippen LogP) is 1.44. The zero-order chi connectivity index (χ0) is 12.8. The predicted molar refractivity (Wildman–Crippen MR) is 64.9 cm³/mol. The monoisotopic (exact) mass is 234 g/mol. The van der Waals surface area contributed by atoms with Gasteiger partial charge in [-0.2, -0.15) is 5.26 Å². The summed E-state index contributed by atoms with van der Waals surface area (Å²) in [6, 6.07) is 6.31. The molecule has 0 saturated heterocycles. The molecule has 0 heterocycles. The average Bonchev–Trinajstić information content (AvgIpc) is 2.28. The maximum atomic E-state index is 10.7. The lowest BCUT2D eigenvalue weighted by atomic mass is 10.2. The van der Waals surface area contributed by atoms with Gasteiger partial charge in [0.05, 0.1) is 4.92 Å². The fraction of sp³-hybridized carbons (Fsp3) is 0.364. The summed E-state index contributed by atoms with van der Waals surface area (Å²) in [5.74, 6) is 0. The van der Waals surface area contributed by atoms with Crippen LogP contribution < -0.4 is 5.32 Å². The fourth-order valence-corrected chi connectivity index (χ4v) is 1.31. The van der Waals surface area contributed by atoms with Gasteiger partial charge in [-0.15, -0.1) is 0 Å². The maximum Gasteiger partial charge on any atom is 0.289 e. The average molecular weight is 234 g/mol. The molecule has 0 aliphatic rings. The van der Waals surface area contributed by atoms with E-state index in [4.69, 9.17) is 5.26 Å². The third kappa shape index (κ3) is 3.74. The zero-order valence-electron chi connectivity index (χ0n) is 9.80. The highest BCUT2D eigenvalue weighted by Crippen LogP contribution is 2.22. The minimum atomic E-state index is -0.546. The molecule has 1 N–H and O–H groups in total. The van der Waals surface area contributed by atoms with Crippen molar-refractivity contribution in [2.24, 2.45) is 0 Å². The van der Waals surface area contributed by atoms with Gasteiger partial charge in [0, 0.05) is 24.8 Å². The van der Waals surface area contributed by atoms with Crippen LogP contribution in [0.4, 0.5) is 11.4 Å². The van der Waals surface area contributed by atoms with Crippen LogP contribution in [0.1, 0.15) is 5.56 Å². The van der Waals surface area contributed by atoms with Gasteiger partial charge in [0.2, 0.25) is 0 Å². The topological polar surface area (TPSA) is 82.2 Å². The van der Waals surface area contributed by atoms with Crippen LogP contribution in [-0.4, -0.2) is 37.0 Å². The lowest BCUT2D eigenvalue weighted by Crippen LogP contribution is -2.20. The quantitative estimate of drug-likeness (QED) is 0.615. The molecule has 0 saturated carbocycles. The second-order valence-electron chi connectivity index (χ2n) is 3.83. The van der Waals surface area contributed by atoms with Crippen molar-refractivity contribution in [3.8, 4) is 6.07 Å². The summed E-state index contributed by atoms with van der Waals surface area (Å²) in [5.41, 5.74) is 0.563. The highest BCUT2D eigenvalue weighted by atomic mass is 16.6. The van der Waals surface area contributed by atoms with Crippen molar-refractivity contribution in [1.29, 1.82) is 5.26 Å². The number of nitro benzene ring substituents is 1. The summed E-state index contributed by atoms with van der Waals surface area (Å²) < 4.78 is 0. The maximum absolute atomic E-state index is 10.7. The molecule has 0 unspecified atom stereocenters. The largest absolute Gasteiger partial charge is 0.384 e. The van der Waals surface area contributed by atoms with Crippen molar-refractivity contribution in [3.05, 3.63) is 33.9 Å². The molecular weight excluding hydrogens is 220 g/mol. The van der Waals surface area contributed by atoms with Crippen LogP contribution in [0.3, 0.4) is 0 Å². The minimum absolute atomic E-state index is 0.0770. The Morgan fingerprint density at radius 3 is 2.76 bits per heavy atom. The molecular formula is C11H14N4O2. The molecule has 1 aromatic rings. The first-order chi connectivity index (χ1) is 8.04. The van der Waals surface area contributed by atoms with Gasteiger partial charge in [-0.1, -0.05) is 0 Å². The second-order valence-corrected chi connectivity index (χ2v) is 3.83. The molecule has 6 heteroatoms. The molecule has 90 valence electrons. The summed E-state index contributed by atoms with van der Waals surface area (Å²) >= 11 is 0. The van der Waals surface area contributed by atoms with Crippen LogP contribution in [0.5, 0.6) is 0 Å². The van der Waals surface area contributed by atoms with E-state index >= 15 is 0 Å². The molecule has 17 heavy (non-hydrogen) atoms. The summed E-state index contributed by atoms with van der Waals surface area (Å²) in [6.45, 7) is 1.52. The molecule has 0 spiro atoms. The van der Waals surface area contributed by atoms with Crippen LogP contribution in [0.2, 0.25) is 0 Å². The Morgan fingerprint density at radius 2 is 2.24 bits per heavy atom. The van der Waals surface area contributed by atoms with Crippen LogP contribution >= 0.6 is 0 Å². The van der Waals surface area contributed by atoms with E-state index in [9.17, 15) is 10.1 Å². The number of hydrogen-bond acceptors (Lipinski definition) is 5. The van der Waals surface area contributed by atoms with Crippen LogP contribution in [0, 0.1) is 21.4 Å². The fourth-order valence-electron chi connectivity index (χ4n) is 1.31. The number of hydrogen-bond donors (Lipinski definition) is 1. The molecule has 1 aromatic carbocycles. The molecule has 6 nitrogen and oxygen atoms in total. The number of nitrogens with one attached hydrogen (secondary N) is 1. The molecule has 0 aliphatic carbocycles. The van der Waals surface area contributed by atoms with Crippen molar-refractivity contribution in [2.75, 3.05) is 32.5 Å². The van der Waals surface area contributed by atoms with Crippen molar-refractivity contribution in [3.63, 3.8) is 0 Å². The van der Waals surface area contributed by atoms with Gasteiger partial charge in [0.15, 0.2) is 0 Å². The molecule has 0 aromatic heterocycles. The number of rotatable bonds is 5. The van der Waals surface area contributed by atoms with Crippen LogP contribution in [0.25, 0.3) is 0 Å². The molecule has 0 bridgehead atoms. The van der Waals surface area contributed by atoms with E-state index in [1.807, 2.05) is 19.0 Å². The molecule has 1 rings (SSSR count). The van der Waals surface area contributed by atoms with E-state index < -0.39 is 4.92 Å². The first kappa shape index (κ1) is 12.9. The summed E-state index contributed by atoms with van der Waals surface area (Å²) in [6.07, 6.45) is 0. The molecule has 0 amide bonds. The first-order valence-corrected chi connectivity index (χ1v) is 5.11. The highest BCUT2D eigenvalue weighted by Gasteiger charge is 2.13. The normalized spacial score (nSPS) is 10.0. The number of anilines is 1. The lowest BCUT2D eigenvalue weighted by Gasteiger charge is -2.11. The molecule has 0 atom stereocenters. The van der Waals surface area contributed by atoms with E-state index in [1.54, 1.807) is 12.1 Å². The lowest BCUT2D eigenvalue weighted by molar-refractivity contribution is -0.385. The Kier molecular flexibility index (Phi) is 4.43. The SMILES string of the molecule is CN(C)CCNc1ccc(C#N)c([N+](=O)[O-])c1. The van der Waals surface area contributed by atoms with Crippen LogP contribution in [-0.2, 0) is 0 Å². The third-order valence-corrected chi connectivity index (χ3v) is 2.20. The van der Waals surface area contributed by atoms with Crippen molar-refractivity contribution in [1.82, 2.24) is 4.90 Å². The number of nitrogens with zero attached hydrogens (tertiary/aromatic N) is 3. The summed E-state index contributed by atoms with van der Waals surface area (Å²) in [7, 11) is 3.89. The third-order valence-electron chi connectivity index (χ3n) is 2.20. The van der Waals surface area contributed by atoms with E-state index in [0.717, 1.165) is 6.54 Å². The number of likely N-dealkylation sites (N-methyl/N-ethyl adjacent to an activating group) is 1. The summed E-state index contributed by atoms with van der Waals surface area (Å²) in [4.78, 5) is 12.2. The van der Waals surface area contributed by atoms with Crippen molar-refractivity contribution < 1.29 is 4.92 Å². The zero-order valence-corrected chi connectivity index (χ0v) is 9.80. The van der Waals surface area contributed by atoms with Gasteiger partial charge in [-0.05, 0) is 26.2 Å². The van der Waals surface area contributed by atoms with E-state index in [1.165, 1.54) is 12.1 Å². The smallest absolute Gasteiger partial charge is 0.289 e.